The molecule has 1 amide bonds. The number of likely N-dealkylation sites (tertiary alicyclic amines) is 1. The fourth-order valence-electron chi connectivity index (χ4n) is 4.71. The molecule has 1 heterocycles. The topological polar surface area (TPSA) is 66.5 Å². The first-order valence-corrected chi connectivity index (χ1v) is 12.3. The van der Waals surface area contributed by atoms with E-state index in [-0.39, 0.29) is 13.0 Å². The van der Waals surface area contributed by atoms with Crippen LogP contribution >= 0.6 is 0 Å². The molecule has 31 heavy (non-hydrogen) atoms. The van der Waals surface area contributed by atoms with Crippen molar-refractivity contribution in [3.63, 3.8) is 0 Å². The Morgan fingerprint density at radius 2 is 1.87 bits per heavy atom. The Balaban J connectivity index is 1.72. The lowest BCUT2D eigenvalue weighted by molar-refractivity contribution is -0.137. The molecule has 166 valence electrons. The molecule has 1 saturated heterocycles. The number of alkyl halides is 1. The van der Waals surface area contributed by atoms with Crippen molar-refractivity contribution in [2.24, 2.45) is 5.41 Å². The van der Waals surface area contributed by atoms with Crippen LogP contribution in [0.2, 0.25) is 0 Å². The quantitative estimate of drug-likeness (QED) is 0.738. The van der Waals surface area contributed by atoms with Crippen LogP contribution in [0.5, 0.6) is 0 Å². The van der Waals surface area contributed by atoms with E-state index >= 15 is 4.39 Å². The van der Waals surface area contributed by atoms with Crippen LogP contribution < -0.4 is 4.72 Å². The number of hydrogen-bond acceptors (Lipinski definition) is 3. The molecular weight excluding hydrogens is 422 g/mol. The van der Waals surface area contributed by atoms with Crippen LogP contribution in [-0.2, 0) is 21.2 Å². The van der Waals surface area contributed by atoms with Gasteiger partial charge in [0.25, 0.3) is 5.91 Å². The molecule has 0 bridgehead atoms. The number of nitrogens with one attached hydrogen (secondary N) is 1. The van der Waals surface area contributed by atoms with Gasteiger partial charge in [-0.3, -0.25) is 4.79 Å². The summed E-state index contributed by atoms with van der Waals surface area (Å²) in [5, 5.41) is 0. The lowest BCUT2D eigenvalue weighted by Crippen LogP contribution is -2.50. The van der Waals surface area contributed by atoms with Crippen LogP contribution in [-0.4, -0.2) is 50.3 Å². The van der Waals surface area contributed by atoms with E-state index in [2.05, 4.69) is 4.72 Å². The first-order valence-electron chi connectivity index (χ1n) is 10.4. The minimum absolute atomic E-state index is 0.0971. The van der Waals surface area contributed by atoms with Gasteiger partial charge in [-0.05, 0) is 37.3 Å². The smallest absolute Gasteiger partial charge is 0.257 e. The zero-order valence-electron chi connectivity index (χ0n) is 17.5. The van der Waals surface area contributed by atoms with Gasteiger partial charge in [0.15, 0.2) is 6.17 Å². The Kier molecular flexibility index (Phi) is 5.64. The minimum atomic E-state index is -3.57. The van der Waals surface area contributed by atoms with Crippen LogP contribution in [0.1, 0.15) is 25.3 Å². The molecule has 1 N–H and O–H groups in total. The Morgan fingerprint density at radius 1 is 1.19 bits per heavy atom. The maximum absolute atomic E-state index is 15.5. The Morgan fingerprint density at radius 3 is 2.45 bits per heavy atom. The Bertz CT molecular complexity index is 1090. The van der Waals surface area contributed by atoms with E-state index in [0.29, 0.717) is 11.1 Å². The van der Waals surface area contributed by atoms with Gasteiger partial charge in [0.1, 0.15) is 5.82 Å². The zero-order valence-corrected chi connectivity index (χ0v) is 18.3. The van der Waals surface area contributed by atoms with Crippen molar-refractivity contribution >= 4 is 15.9 Å². The number of benzene rings is 2. The Labute approximate surface area is 181 Å². The van der Waals surface area contributed by atoms with E-state index in [0.717, 1.165) is 24.7 Å². The summed E-state index contributed by atoms with van der Waals surface area (Å²) in [4.78, 5) is 14.0. The molecule has 2 fully saturated rings. The summed E-state index contributed by atoms with van der Waals surface area (Å²) >= 11 is 0. The molecule has 2 aromatic carbocycles. The second-order valence-electron chi connectivity index (χ2n) is 8.73. The average Bonchev–Trinajstić information content (AvgIpc) is 3.44. The SMILES string of the molecule is C[C@H](F)C(=O)N1CC2(CC2)[C@H](NS(C)(=O)=O)[C@@H]1Cc1cccc(-c2ccccc2)c1F. The molecule has 4 rings (SSSR count). The largest absolute Gasteiger partial charge is 0.335 e. The van der Waals surface area contributed by atoms with Crippen molar-refractivity contribution < 1.29 is 22.0 Å². The minimum Gasteiger partial charge on any atom is -0.335 e. The van der Waals surface area contributed by atoms with E-state index in [1.54, 1.807) is 18.2 Å². The molecular formula is C23H26F2N2O3S. The van der Waals surface area contributed by atoms with Crippen LogP contribution in [0.25, 0.3) is 11.1 Å². The molecule has 8 heteroatoms. The van der Waals surface area contributed by atoms with Crippen molar-refractivity contribution in [3.8, 4) is 11.1 Å². The predicted octanol–water partition coefficient (Wildman–Crippen LogP) is 3.30. The highest BCUT2D eigenvalue weighted by Gasteiger charge is 2.61. The summed E-state index contributed by atoms with van der Waals surface area (Å²) in [5.41, 5.74) is 1.12. The standard InChI is InChI=1S/C23H26F2N2O3S/c1-15(24)22(28)27-14-23(11-12-23)21(26-31(2,29)30)19(27)13-17-9-6-10-18(20(17)25)16-7-4-3-5-8-16/h3-10,15,19,21,26H,11-14H2,1-2H3/t15-,19-,21+/m0/s1. The Hall–Kier alpha value is -2.32. The number of sulfonamides is 1. The van der Waals surface area contributed by atoms with Crippen molar-refractivity contribution in [1.82, 2.24) is 9.62 Å². The van der Waals surface area contributed by atoms with Crippen molar-refractivity contribution in [1.29, 1.82) is 0 Å². The summed E-state index contributed by atoms with van der Waals surface area (Å²) in [5.74, 6) is -1.10. The van der Waals surface area contributed by atoms with Gasteiger partial charge in [-0.1, -0.05) is 48.5 Å². The summed E-state index contributed by atoms with van der Waals surface area (Å²) < 4.78 is 56.2. The summed E-state index contributed by atoms with van der Waals surface area (Å²) in [6.07, 6.45) is 0.941. The van der Waals surface area contributed by atoms with Crippen molar-refractivity contribution in [3.05, 3.63) is 59.9 Å². The lowest BCUT2D eigenvalue weighted by atomic mass is 9.91. The second-order valence-corrected chi connectivity index (χ2v) is 10.5. The molecule has 1 aliphatic heterocycles. The van der Waals surface area contributed by atoms with Crippen LogP contribution in [0.3, 0.4) is 0 Å². The second kappa shape index (κ2) is 7.98. The maximum Gasteiger partial charge on any atom is 0.257 e. The van der Waals surface area contributed by atoms with Gasteiger partial charge in [-0.2, -0.15) is 0 Å². The van der Waals surface area contributed by atoms with Crippen molar-refractivity contribution in [2.45, 2.75) is 44.4 Å². The van der Waals surface area contributed by atoms with Crippen LogP contribution in [0.4, 0.5) is 8.78 Å². The van der Waals surface area contributed by atoms with Crippen LogP contribution in [0, 0.1) is 11.2 Å². The first-order chi connectivity index (χ1) is 14.6. The van der Waals surface area contributed by atoms with E-state index in [9.17, 15) is 17.6 Å². The third-order valence-corrected chi connectivity index (χ3v) is 7.06. The van der Waals surface area contributed by atoms with Crippen molar-refractivity contribution in [2.75, 3.05) is 12.8 Å². The number of halogens is 2. The number of carbonyl (C=O) groups is 1. The molecule has 1 saturated carbocycles. The van der Waals surface area contributed by atoms with E-state index in [1.807, 2.05) is 30.3 Å². The number of hydrogen-bond donors (Lipinski definition) is 1. The molecule has 0 aromatic heterocycles. The number of carbonyl (C=O) groups excluding carboxylic acids is 1. The highest BCUT2D eigenvalue weighted by Crippen LogP contribution is 2.55. The van der Waals surface area contributed by atoms with Gasteiger partial charge >= 0.3 is 0 Å². The lowest BCUT2D eigenvalue weighted by Gasteiger charge is -2.29. The first kappa shape index (κ1) is 21.9. The van der Waals surface area contributed by atoms with E-state index in [1.165, 1.54) is 11.8 Å². The van der Waals surface area contributed by atoms with E-state index < -0.39 is 45.4 Å². The summed E-state index contributed by atoms with van der Waals surface area (Å²) in [6, 6.07) is 12.9. The zero-order chi connectivity index (χ0) is 22.4. The third-order valence-electron chi connectivity index (χ3n) is 6.38. The van der Waals surface area contributed by atoms with Crippen LogP contribution in [0.15, 0.2) is 48.5 Å². The molecule has 0 radical (unpaired) electrons. The van der Waals surface area contributed by atoms with Gasteiger partial charge < -0.3 is 4.90 Å². The normalized spacial score (nSPS) is 23.2. The highest BCUT2D eigenvalue weighted by molar-refractivity contribution is 7.88. The number of amides is 1. The molecule has 0 unspecified atom stereocenters. The van der Waals surface area contributed by atoms with Gasteiger partial charge in [-0.25, -0.2) is 21.9 Å². The third kappa shape index (κ3) is 4.36. The fourth-order valence-corrected chi connectivity index (χ4v) is 5.58. The molecule has 2 aromatic rings. The molecule has 1 aliphatic carbocycles. The van der Waals surface area contributed by atoms with Gasteiger partial charge in [-0.15, -0.1) is 0 Å². The summed E-state index contributed by atoms with van der Waals surface area (Å²) in [7, 11) is -3.57. The monoisotopic (exact) mass is 448 g/mol. The molecule has 2 aliphatic rings. The number of rotatable bonds is 6. The highest BCUT2D eigenvalue weighted by atomic mass is 32.2. The maximum atomic E-state index is 15.5. The average molecular weight is 449 g/mol. The van der Waals surface area contributed by atoms with Gasteiger partial charge in [0.05, 0.1) is 12.3 Å². The fraction of sp³-hybridized carbons (Fsp3) is 0.435. The van der Waals surface area contributed by atoms with E-state index in [4.69, 9.17) is 0 Å². The molecule has 3 atom stereocenters. The molecule has 1 spiro atoms. The van der Waals surface area contributed by atoms with Gasteiger partial charge in [0, 0.05) is 23.6 Å². The molecule has 5 nitrogen and oxygen atoms in total. The summed E-state index contributed by atoms with van der Waals surface area (Å²) in [6.45, 7) is 1.45. The number of nitrogens with zero attached hydrogens (tertiary/aromatic N) is 1. The predicted molar refractivity (Wildman–Crippen MR) is 115 cm³/mol. The van der Waals surface area contributed by atoms with Gasteiger partial charge in [0.2, 0.25) is 10.0 Å².